The number of hydrogen-bond donors (Lipinski definition) is 2. The molecule has 0 saturated carbocycles. The minimum Gasteiger partial charge on any atom is -0.502 e. The monoisotopic (exact) mass is 338 g/mol. The summed E-state index contributed by atoms with van der Waals surface area (Å²) in [5.41, 5.74) is -0.498. The maximum Gasteiger partial charge on any atom is 0.336 e. The van der Waals surface area contributed by atoms with Gasteiger partial charge in [-0.3, -0.25) is 0 Å². The molecule has 0 bridgehead atoms. The second-order valence-electron chi connectivity index (χ2n) is 5.73. The highest BCUT2D eigenvalue weighted by atomic mass is 35.5. The molecule has 0 fully saturated rings. The van der Waals surface area contributed by atoms with E-state index in [9.17, 15) is 15.0 Å². The molecular formula is C16H15ClO6. The lowest BCUT2D eigenvalue weighted by atomic mass is 10.1. The average molecular weight is 339 g/mol. The fraction of sp³-hybridized carbons (Fsp3) is 0.312. The van der Waals surface area contributed by atoms with Gasteiger partial charge in [-0.25, -0.2) is 4.79 Å². The summed E-state index contributed by atoms with van der Waals surface area (Å²) in [6.45, 7) is 3.27. The van der Waals surface area contributed by atoms with E-state index < -0.39 is 16.6 Å². The number of aliphatic hydroxyl groups excluding tert-OH is 1. The van der Waals surface area contributed by atoms with Crippen molar-refractivity contribution in [2.24, 2.45) is 0 Å². The lowest BCUT2D eigenvalue weighted by Gasteiger charge is -2.23. The number of fused-ring (bicyclic) bond motifs is 2. The molecule has 1 atom stereocenters. The van der Waals surface area contributed by atoms with Gasteiger partial charge in [-0.05, 0) is 26.0 Å². The SMILES string of the molecule is CC(C)(Cl)C(O)COc1c2ccoc2c(O)c2oc(=O)ccc12. The first-order valence-corrected chi connectivity index (χ1v) is 7.32. The Bertz CT molecular complexity index is 918. The van der Waals surface area contributed by atoms with Gasteiger partial charge in [0.2, 0.25) is 5.75 Å². The molecule has 2 aromatic heterocycles. The minimum atomic E-state index is -0.925. The van der Waals surface area contributed by atoms with Crippen molar-refractivity contribution in [2.75, 3.05) is 6.61 Å². The Labute approximate surface area is 135 Å². The van der Waals surface area contributed by atoms with Gasteiger partial charge < -0.3 is 23.8 Å². The van der Waals surface area contributed by atoms with Gasteiger partial charge in [0.15, 0.2) is 11.2 Å². The van der Waals surface area contributed by atoms with Gasteiger partial charge in [-0.15, -0.1) is 11.6 Å². The number of ether oxygens (including phenoxy) is 1. The third kappa shape index (κ3) is 2.75. The summed E-state index contributed by atoms with van der Waals surface area (Å²) in [4.78, 5) is 10.5. The van der Waals surface area contributed by atoms with Gasteiger partial charge in [-0.2, -0.15) is 0 Å². The summed E-state index contributed by atoms with van der Waals surface area (Å²) in [6.07, 6.45) is 0.460. The fourth-order valence-electron chi connectivity index (χ4n) is 2.21. The van der Waals surface area contributed by atoms with Crippen molar-refractivity contribution < 1.29 is 23.8 Å². The third-order valence-electron chi connectivity index (χ3n) is 3.60. The van der Waals surface area contributed by atoms with Crippen molar-refractivity contribution in [1.82, 2.24) is 0 Å². The number of benzene rings is 1. The molecule has 7 heteroatoms. The molecule has 0 aliphatic rings. The molecule has 0 spiro atoms. The zero-order valence-electron chi connectivity index (χ0n) is 12.5. The highest BCUT2D eigenvalue weighted by Crippen LogP contribution is 2.42. The molecule has 122 valence electrons. The van der Waals surface area contributed by atoms with E-state index in [2.05, 4.69) is 0 Å². The molecule has 3 aromatic rings. The molecule has 0 radical (unpaired) electrons. The van der Waals surface area contributed by atoms with Crippen LogP contribution in [0.15, 0.2) is 38.1 Å². The molecule has 0 aliphatic heterocycles. The molecule has 2 N–H and O–H groups in total. The van der Waals surface area contributed by atoms with Crippen LogP contribution in [0.4, 0.5) is 0 Å². The second kappa shape index (κ2) is 5.47. The van der Waals surface area contributed by atoms with Crippen LogP contribution in [0.3, 0.4) is 0 Å². The predicted octanol–water partition coefficient (Wildman–Crippen LogP) is 3.00. The van der Waals surface area contributed by atoms with Crippen LogP contribution in [-0.2, 0) is 0 Å². The Balaban J connectivity index is 2.15. The quantitative estimate of drug-likeness (QED) is 0.561. The van der Waals surface area contributed by atoms with Crippen molar-refractivity contribution in [1.29, 1.82) is 0 Å². The number of halogens is 1. The van der Waals surface area contributed by atoms with Crippen LogP contribution in [0.2, 0.25) is 0 Å². The zero-order chi connectivity index (χ0) is 16.8. The van der Waals surface area contributed by atoms with Crippen LogP contribution in [0.1, 0.15) is 13.8 Å². The number of phenols is 1. The lowest BCUT2D eigenvalue weighted by molar-refractivity contribution is 0.0820. The van der Waals surface area contributed by atoms with Gasteiger partial charge >= 0.3 is 5.63 Å². The number of aromatic hydroxyl groups is 1. The van der Waals surface area contributed by atoms with Crippen LogP contribution in [0.25, 0.3) is 21.9 Å². The van der Waals surface area contributed by atoms with Crippen molar-refractivity contribution in [3.05, 3.63) is 34.9 Å². The lowest BCUT2D eigenvalue weighted by Crippen LogP contribution is -2.35. The van der Waals surface area contributed by atoms with Crippen molar-refractivity contribution >= 4 is 33.5 Å². The maximum absolute atomic E-state index is 11.4. The highest BCUT2D eigenvalue weighted by molar-refractivity contribution is 6.23. The summed E-state index contributed by atoms with van der Waals surface area (Å²) in [5, 5.41) is 21.1. The van der Waals surface area contributed by atoms with Crippen molar-refractivity contribution in [3.8, 4) is 11.5 Å². The van der Waals surface area contributed by atoms with E-state index in [4.69, 9.17) is 25.2 Å². The Morgan fingerprint density at radius 2 is 1.96 bits per heavy atom. The standard InChI is InChI=1S/C16H15ClO6/c1-16(2,17)10(18)7-22-13-8-3-4-11(19)23-15(8)12(20)14-9(13)5-6-21-14/h3-6,10,18,20H,7H2,1-2H3. The number of hydrogen-bond acceptors (Lipinski definition) is 6. The second-order valence-corrected chi connectivity index (χ2v) is 6.70. The molecule has 0 saturated heterocycles. The van der Waals surface area contributed by atoms with E-state index in [1.54, 1.807) is 19.9 Å². The fourth-order valence-corrected chi connectivity index (χ4v) is 2.27. The van der Waals surface area contributed by atoms with Gasteiger partial charge in [-0.1, -0.05) is 0 Å². The number of phenolic OH excluding ortho intramolecular Hbond substituents is 1. The molecule has 1 aromatic carbocycles. The predicted molar refractivity (Wildman–Crippen MR) is 85.4 cm³/mol. The number of furan rings is 1. The first-order chi connectivity index (χ1) is 10.8. The van der Waals surface area contributed by atoms with Crippen LogP contribution < -0.4 is 10.4 Å². The van der Waals surface area contributed by atoms with Crippen LogP contribution in [-0.4, -0.2) is 27.8 Å². The molecule has 2 heterocycles. The maximum atomic E-state index is 11.4. The smallest absolute Gasteiger partial charge is 0.336 e. The Hall–Kier alpha value is -2.18. The minimum absolute atomic E-state index is 0.0328. The van der Waals surface area contributed by atoms with Crippen LogP contribution >= 0.6 is 11.6 Å². The Kier molecular flexibility index (Phi) is 3.74. The first kappa shape index (κ1) is 15.7. The van der Waals surface area contributed by atoms with Gasteiger partial charge in [0, 0.05) is 6.07 Å². The summed E-state index contributed by atoms with van der Waals surface area (Å²) in [6, 6.07) is 4.33. The van der Waals surface area contributed by atoms with E-state index in [0.29, 0.717) is 16.5 Å². The van der Waals surface area contributed by atoms with Gasteiger partial charge in [0.05, 0.1) is 21.9 Å². The zero-order valence-corrected chi connectivity index (χ0v) is 13.3. The third-order valence-corrected chi connectivity index (χ3v) is 3.85. The van der Waals surface area contributed by atoms with Crippen LogP contribution in [0.5, 0.6) is 11.5 Å². The molecular weight excluding hydrogens is 324 g/mol. The van der Waals surface area contributed by atoms with E-state index >= 15 is 0 Å². The van der Waals surface area contributed by atoms with Crippen molar-refractivity contribution in [2.45, 2.75) is 24.8 Å². The summed E-state index contributed by atoms with van der Waals surface area (Å²) < 4.78 is 16.0. The largest absolute Gasteiger partial charge is 0.502 e. The topological polar surface area (TPSA) is 93.0 Å². The van der Waals surface area contributed by atoms with E-state index in [1.807, 2.05) is 0 Å². The highest BCUT2D eigenvalue weighted by Gasteiger charge is 2.27. The normalized spacial score (nSPS) is 13.6. The molecule has 0 aliphatic carbocycles. The van der Waals surface area contributed by atoms with E-state index in [1.165, 1.54) is 18.4 Å². The summed E-state index contributed by atoms with van der Waals surface area (Å²) in [5.74, 6) is 0.0635. The Morgan fingerprint density at radius 3 is 2.65 bits per heavy atom. The number of rotatable bonds is 4. The van der Waals surface area contributed by atoms with E-state index in [0.717, 1.165) is 0 Å². The molecule has 3 rings (SSSR count). The molecule has 1 unspecified atom stereocenters. The number of alkyl halides is 1. The molecule has 0 amide bonds. The number of aliphatic hydroxyl groups is 1. The average Bonchev–Trinajstić information content (AvgIpc) is 2.96. The van der Waals surface area contributed by atoms with Gasteiger partial charge in [0.1, 0.15) is 18.5 Å². The van der Waals surface area contributed by atoms with Crippen LogP contribution in [0, 0.1) is 0 Å². The Morgan fingerprint density at radius 1 is 1.26 bits per heavy atom. The van der Waals surface area contributed by atoms with Crippen molar-refractivity contribution in [3.63, 3.8) is 0 Å². The summed E-state index contributed by atoms with van der Waals surface area (Å²) in [7, 11) is 0. The molecule has 6 nitrogen and oxygen atoms in total. The van der Waals surface area contributed by atoms with Gasteiger partial charge in [0.25, 0.3) is 0 Å². The first-order valence-electron chi connectivity index (χ1n) is 6.95. The summed E-state index contributed by atoms with van der Waals surface area (Å²) >= 11 is 6.06. The van der Waals surface area contributed by atoms with E-state index in [-0.39, 0.29) is 23.5 Å². The molecule has 23 heavy (non-hydrogen) atoms.